The smallest absolute Gasteiger partial charge is 0.150 e. The van der Waals surface area contributed by atoms with Crippen molar-refractivity contribution in [2.24, 2.45) is 0 Å². The fraction of sp³-hybridized carbons (Fsp3) is 0.375. The van der Waals surface area contributed by atoms with Gasteiger partial charge in [-0.05, 0) is 37.5 Å². The molecule has 5 heteroatoms. The zero-order valence-electron chi connectivity index (χ0n) is 12.0. The van der Waals surface area contributed by atoms with E-state index in [4.69, 9.17) is 9.47 Å². The highest BCUT2D eigenvalue weighted by Crippen LogP contribution is 2.29. The van der Waals surface area contributed by atoms with Crippen molar-refractivity contribution in [3.8, 4) is 22.9 Å². The first-order valence-corrected chi connectivity index (χ1v) is 7.06. The summed E-state index contributed by atoms with van der Waals surface area (Å²) >= 11 is 0. The number of hydrogen-bond donors (Lipinski definition) is 0. The largest absolute Gasteiger partial charge is 0.497 e. The normalized spacial score (nSPS) is 18.2. The Balaban J connectivity index is 1.94. The Hall–Kier alpha value is -2.32. The maximum absolute atomic E-state index is 9.26. The van der Waals surface area contributed by atoms with E-state index in [9.17, 15) is 5.26 Å². The van der Waals surface area contributed by atoms with Gasteiger partial charge in [0, 0.05) is 23.9 Å². The van der Waals surface area contributed by atoms with E-state index in [-0.39, 0.29) is 6.23 Å². The highest BCUT2D eigenvalue weighted by atomic mass is 16.5. The van der Waals surface area contributed by atoms with E-state index in [0.717, 1.165) is 42.7 Å². The number of methoxy groups -OCH3 is 1. The van der Waals surface area contributed by atoms with Crippen molar-refractivity contribution in [1.82, 2.24) is 9.78 Å². The second-order valence-corrected chi connectivity index (χ2v) is 5.05. The fourth-order valence-corrected chi connectivity index (χ4v) is 2.55. The molecule has 0 spiro atoms. The molecule has 1 aromatic carbocycles. The van der Waals surface area contributed by atoms with Crippen molar-refractivity contribution in [2.75, 3.05) is 13.7 Å². The van der Waals surface area contributed by atoms with Gasteiger partial charge in [-0.15, -0.1) is 0 Å². The summed E-state index contributed by atoms with van der Waals surface area (Å²) < 4.78 is 12.8. The van der Waals surface area contributed by atoms with Gasteiger partial charge in [0.1, 0.15) is 12.0 Å². The number of hydrogen-bond acceptors (Lipinski definition) is 4. The summed E-state index contributed by atoms with van der Waals surface area (Å²) in [6.45, 7) is 0.780. The summed E-state index contributed by atoms with van der Waals surface area (Å²) in [6, 6.07) is 7.63. The van der Waals surface area contributed by atoms with Gasteiger partial charge in [-0.2, -0.15) is 10.4 Å². The van der Waals surface area contributed by atoms with E-state index in [1.54, 1.807) is 25.4 Å². The van der Waals surface area contributed by atoms with Crippen LogP contribution in [0.1, 0.15) is 31.1 Å². The second kappa shape index (κ2) is 5.98. The lowest BCUT2D eigenvalue weighted by atomic mass is 10.0. The van der Waals surface area contributed by atoms with Gasteiger partial charge in [-0.25, -0.2) is 4.68 Å². The molecule has 108 valence electrons. The van der Waals surface area contributed by atoms with E-state index in [2.05, 4.69) is 11.2 Å². The van der Waals surface area contributed by atoms with Crippen molar-refractivity contribution in [2.45, 2.75) is 25.5 Å². The molecule has 3 rings (SSSR count). The topological polar surface area (TPSA) is 60.1 Å². The number of ether oxygens (including phenoxy) is 2. The third kappa shape index (κ3) is 2.76. The zero-order valence-corrected chi connectivity index (χ0v) is 12.0. The molecule has 1 aliphatic rings. The van der Waals surface area contributed by atoms with Gasteiger partial charge < -0.3 is 9.47 Å². The molecule has 1 fully saturated rings. The van der Waals surface area contributed by atoms with Gasteiger partial charge in [0.05, 0.1) is 24.9 Å². The number of rotatable bonds is 3. The lowest BCUT2D eigenvalue weighted by Crippen LogP contribution is -2.18. The van der Waals surface area contributed by atoms with Crippen LogP contribution in [0.15, 0.2) is 30.6 Å². The zero-order chi connectivity index (χ0) is 14.7. The van der Waals surface area contributed by atoms with Crippen LogP contribution in [0.2, 0.25) is 0 Å². The van der Waals surface area contributed by atoms with E-state index in [0.29, 0.717) is 5.56 Å². The van der Waals surface area contributed by atoms with Gasteiger partial charge in [0.2, 0.25) is 0 Å². The Kier molecular flexibility index (Phi) is 3.89. The van der Waals surface area contributed by atoms with Crippen LogP contribution in [0, 0.1) is 11.3 Å². The molecule has 1 aromatic heterocycles. The third-order valence-corrected chi connectivity index (χ3v) is 3.71. The first-order chi connectivity index (χ1) is 10.3. The Morgan fingerprint density at radius 1 is 1.43 bits per heavy atom. The lowest BCUT2D eigenvalue weighted by molar-refractivity contribution is -0.0394. The summed E-state index contributed by atoms with van der Waals surface area (Å²) in [4.78, 5) is 0. The maximum Gasteiger partial charge on any atom is 0.150 e. The molecule has 0 saturated carbocycles. The summed E-state index contributed by atoms with van der Waals surface area (Å²) in [6.07, 6.45) is 6.95. The molecule has 0 radical (unpaired) electrons. The molecule has 1 unspecified atom stereocenters. The van der Waals surface area contributed by atoms with Crippen LogP contribution >= 0.6 is 0 Å². The van der Waals surface area contributed by atoms with Crippen LogP contribution in [0.5, 0.6) is 5.75 Å². The van der Waals surface area contributed by atoms with E-state index >= 15 is 0 Å². The summed E-state index contributed by atoms with van der Waals surface area (Å²) in [5, 5.41) is 13.6. The monoisotopic (exact) mass is 283 g/mol. The molecule has 21 heavy (non-hydrogen) atoms. The first kappa shape index (κ1) is 13.7. The summed E-state index contributed by atoms with van der Waals surface area (Å²) in [5.74, 6) is 0.727. The Bertz CT molecular complexity index is 666. The molecule has 0 N–H and O–H groups in total. The predicted octanol–water partition coefficient (Wildman–Crippen LogP) is 3.13. The molecule has 0 amide bonds. The highest BCUT2D eigenvalue weighted by molar-refractivity contribution is 5.71. The molecule has 1 aliphatic heterocycles. The minimum Gasteiger partial charge on any atom is -0.497 e. The van der Waals surface area contributed by atoms with Gasteiger partial charge in [-0.1, -0.05) is 0 Å². The van der Waals surface area contributed by atoms with Gasteiger partial charge in [0.15, 0.2) is 0 Å². The Morgan fingerprint density at radius 3 is 3.05 bits per heavy atom. The molecule has 2 aromatic rings. The molecule has 5 nitrogen and oxygen atoms in total. The van der Waals surface area contributed by atoms with Gasteiger partial charge in [0.25, 0.3) is 0 Å². The molecule has 0 bridgehead atoms. The lowest BCUT2D eigenvalue weighted by Gasteiger charge is -2.22. The number of nitriles is 1. The fourth-order valence-electron chi connectivity index (χ4n) is 2.55. The highest BCUT2D eigenvalue weighted by Gasteiger charge is 2.17. The van der Waals surface area contributed by atoms with E-state index in [1.807, 2.05) is 16.9 Å². The molecule has 2 heterocycles. The first-order valence-electron chi connectivity index (χ1n) is 7.06. The van der Waals surface area contributed by atoms with Crippen molar-refractivity contribution in [1.29, 1.82) is 5.26 Å². The van der Waals surface area contributed by atoms with Gasteiger partial charge >= 0.3 is 0 Å². The Labute approximate surface area is 123 Å². The van der Waals surface area contributed by atoms with Crippen LogP contribution in [0.4, 0.5) is 0 Å². The number of benzene rings is 1. The molecule has 1 saturated heterocycles. The summed E-state index contributed by atoms with van der Waals surface area (Å²) in [5.41, 5.74) is 2.35. The van der Waals surface area contributed by atoms with Crippen LogP contribution in [0.3, 0.4) is 0 Å². The van der Waals surface area contributed by atoms with E-state index < -0.39 is 0 Å². The van der Waals surface area contributed by atoms with Crippen molar-refractivity contribution < 1.29 is 9.47 Å². The van der Waals surface area contributed by atoms with Crippen molar-refractivity contribution in [3.05, 3.63) is 36.2 Å². The van der Waals surface area contributed by atoms with Crippen LogP contribution < -0.4 is 4.74 Å². The average Bonchev–Trinajstić information content (AvgIpc) is 3.05. The molecule has 1 atom stereocenters. The SMILES string of the molecule is COc1ccc(C#N)c(-c2cnn(C3CCCCO3)c2)c1. The van der Waals surface area contributed by atoms with Crippen LogP contribution in [-0.2, 0) is 4.74 Å². The van der Waals surface area contributed by atoms with E-state index in [1.165, 1.54) is 0 Å². The molecular weight excluding hydrogens is 266 g/mol. The van der Waals surface area contributed by atoms with Crippen LogP contribution in [-0.4, -0.2) is 23.5 Å². The van der Waals surface area contributed by atoms with Gasteiger partial charge in [-0.3, -0.25) is 0 Å². The number of aromatic nitrogens is 2. The quantitative estimate of drug-likeness (QED) is 0.868. The molecular formula is C16H17N3O2. The van der Waals surface area contributed by atoms with Crippen molar-refractivity contribution in [3.63, 3.8) is 0 Å². The minimum absolute atomic E-state index is 0.00337. The maximum atomic E-state index is 9.26. The minimum atomic E-state index is 0.00337. The Morgan fingerprint density at radius 2 is 2.33 bits per heavy atom. The standard InChI is InChI=1S/C16H17N3O2/c1-20-14-6-5-12(9-17)15(8-14)13-10-18-19(11-13)16-4-2-3-7-21-16/h5-6,8,10-11,16H,2-4,7H2,1H3. The van der Waals surface area contributed by atoms with Crippen molar-refractivity contribution >= 4 is 0 Å². The second-order valence-electron chi connectivity index (χ2n) is 5.05. The molecule has 0 aliphatic carbocycles. The average molecular weight is 283 g/mol. The number of nitrogens with zero attached hydrogens (tertiary/aromatic N) is 3. The predicted molar refractivity (Wildman–Crippen MR) is 77.8 cm³/mol. The third-order valence-electron chi connectivity index (χ3n) is 3.71. The van der Waals surface area contributed by atoms with Crippen LogP contribution in [0.25, 0.3) is 11.1 Å². The summed E-state index contributed by atoms with van der Waals surface area (Å²) in [7, 11) is 1.62.